The van der Waals surface area contributed by atoms with Crippen molar-refractivity contribution in [3.05, 3.63) is 93.5 Å². The summed E-state index contributed by atoms with van der Waals surface area (Å²) in [5.74, 6) is 4.28. The Morgan fingerprint density at radius 2 is 1.84 bits per heavy atom. The van der Waals surface area contributed by atoms with E-state index in [9.17, 15) is 19.4 Å². The molecule has 3 N–H and O–H groups in total. The Hall–Kier alpha value is -3.40. The average molecular weight is 453 g/mol. The number of amides is 1. The number of phenolic OH excluding ortho intramolecular Hbond substituents is 1. The largest absolute Gasteiger partial charge is 0.508 e. The third kappa shape index (κ3) is 6.07. The molecule has 1 aromatic heterocycles. The molecular formula is C25H22ClFN2O3. The molecule has 164 valence electrons. The Morgan fingerprint density at radius 3 is 2.50 bits per heavy atom. The highest BCUT2D eigenvalue weighted by molar-refractivity contribution is 6.30. The fourth-order valence-corrected chi connectivity index (χ4v) is 3.17. The SMILES string of the molecule is Cc1cc(C#CC(C)(C)O)cc(C(=O)N[C@H](c2ccc(Cl)cc2)c2cc(F)ccc2O)n1. The third-order valence-electron chi connectivity index (χ3n) is 4.48. The van der Waals surface area contributed by atoms with Gasteiger partial charge in [-0.1, -0.05) is 35.6 Å². The number of carbonyl (C=O) groups is 1. The van der Waals surface area contributed by atoms with E-state index >= 15 is 0 Å². The van der Waals surface area contributed by atoms with Crippen molar-refractivity contribution in [2.45, 2.75) is 32.4 Å². The number of aromatic hydroxyl groups is 1. The number of halogens is 2. The summed E-state index contributed by atoms with van der Waals surface area (Å²) < 4.78 is 13.9. The van der Waals surface area contributed by atoms with Crippen LogP contribution in [-0.2, 0) is 0 Å². The standard InChI is InChI=1S/C25H22ClFN2O3/c1-15-12-16(10-11-25(2,3)32)13-21(28-15)24(31)29-23(17-4-6-18(26)7-5-17)20-14-19(27)8-9-22(20)30/h4-9,12-14,23,30,32H,1-3H3,(H,29,31)/t23-/m1/s1. The van der Waals surface area contributed by atoms with Crippen LogP contribution in [0.15, 0.2) is 54.6 Å². The van der Waals surface area contributed by atoms with Crippen LogP contribution in [0.3, 0.4) is 0 Å². The molecule has 0 aliphatic carbocycles. The molecule has 0 unspecified atom stereocenters. The van der Waals surface area contributed by atoms with Crippen LogP contribution in [0.1, 0.15) is 52.8 Å². The number of carbonyl (C=O) groups excluding carboxylic acids is 1. The molecule has 0 radical (unpaired) electrons. The highest BCUT2D eigenvalue weighted by atomic mass is 35.5. The summed E-state index contributed by atoms with van der Waals surface area (Å²) in [6.45, 7) is 4.84. The van der Waals surface area contributed by atoms with E-state index in [1.54, 1.807) is 51.1 Å². The molecule has 3 aromatic rings. The number of hydrogen-bond donors (Lipinski definition) is 3. The Kier molecular flexibility index (Phi) is 6.83. The van der Waals surface area contributed by atoms with Gasteiger partial charge in [0.15, 0.2) is 0 Å². The molecule has 0 spiro atoms. The molecule has 2 aromatic carbocycles. The van der Waals surface area contributed by atoms with Crippen molar-refractivity contribution < 1.29 is 19.4 Å². The molecule has 0 saturated heterocycles. The number of rotatable bonds is 4. The fourth-order valence-electron chi connectivity index (χ4n) is 3.04. The minimum Gasteiger partial charge on any atom is -0.508 e. The van der Waals surface area contributed by atoms with E-state index in [-0.39, 0.29) is 17.0 Å². The van der Waals surface area contributed by atoms with E-state index in [2.05, 4.69) is 22.1 Å². The van der Waals surface area contributed by atoms with E-state index in [1.807, 2.05) is 0 Å². The van der Waals surface area contributed by atoms with E-state index in [4.69, 9.17) is 11.6 Å². The number of aromatic nitrogens is 1. The fraction of sp³-hybridized carbons (Fsp3) is 0.200. The van der Waals surface area contributed by atoms with Gasteiger partial charge >= 0.3 is 0 Å². The van der Waals surface area contributed by atoms with Gasteiger partial charge in [-0.2, -0.15) is 0 Å². The zero-order valence-corrected chi connectivity index (χ0v) is 18.5. The topological polar surface area (TPSA) is 82.5 Å². The van der Waals surface area contributed by atoms with Crippen molar-refractivity contribution in [2.24, 2.45) is 0 Å². The van der Waals surface area contributed by atoms with Gasteiger partial charge < -0.3 is 15.5 Å². The lowest BCUT2D eigenvalue weighted by Gasteiger charge is -2.21. The van der Waals surface area contributed by atoms with Crippen molar-refractivity contribution in [2.75, 3.05) is 0 Å². The molecule has 3 rings (SSSR count). The van der Waals surface area contributed by atoms with Crippen LogP contribution in [0.5, 0.6) is 5.75 Å². The van der Waals surface area contributed by atoms with Gasteiger partial charge in [-0.25, -0.2) is 9.37 Å². The second-order valence-corrected chi connectivity index (χ2v) is 8.29. The van der Waals surface area contributed by atoms with Gasteiger partial charge in [-0.05, 0) is 68.8 Å². The van der Waals surface area contributed by atoms with Crippen LogP contribution >= 0.6 is 11.6 Å². The highest BCUT2D eigenvalue weighted by Crippen LogP contribution is 2.31. The van der Waals surface area contributed by atoms with Crippen LogP contribution in [0.4, 0.5) is 4.39 Å². The summed E-state index contributed by atoms with van der Waals surface area (Å²) in [6, 6.07) is 12.5. The molecule has 0 saturated carbocycles. The summed E-state index contributed by atoms with van der Waals surface area (Å²) in [7, 11) is 0. The van der Waals surface area contributed by atoms with Crippen LogP contribution < -0.4 is 5.32 Å². The van der Waals surface area contributed by atoms with E-state index in [1.165, 1.54) is 18.2 Å². The zero-order chi connectivity index (χ0) is 23.5. The van der Waals surface area contributed by atoms with Crippen LogP contribution in [0.2, 0.25) is 5.02 Å². The molecule has 7 heteroatoms. The lowest BCUT2D eigenvalue weighted by atomic mass is 9.97. The molecule has 0 aliphatic rings. The Morgan fingerprint density at radius 1 is 1.16 bits per heavy atom. The number of aliphatic hydroxyl groups is 1. The molecule has 0 aliphatic heterocycles. The summed E-state index contributed by atoms with van der Waals surface area (Å²) in [4.78, 5) is 17.4. The summed E-state index contributed by atoms with van der Waals surface area (Å²) in [5.41, 5.74) is 0.776. The van der Waals surface area contributed by atoms with Gasteiger partial charge in [0.1, 0.15) is 22.9 Å². The molecule has 1 amide bonds. The molecule has 1 heterocycles. The van der Waals surface area contributed by atoms with Crippen molar-refractivity contribution in [3.8, 4) is 17.6 Å². The number of pyridine rings is 1. The van der Waals surface area contributed by atoms with E-state index in [0.29, 0.717) is 21.8 Å². The molecule has 0 fully saturated rings. The van der Waals surface area contributed by atoms with Crippen LogP contribution in [-0.4, -0.2) is 26.7 Å². The van der Waals surface area contributed by atoms with E-state index in [0.717, 1.165) is 6.07 Å². The maximum atomic E-state index is 13.9. The summed E-state index contributed by atoms with van der Waals surface area (Å²) in [6.07, 6.45) is 0. The number of benzene rings is 2. The molecule has 1 atom stereocenters. The second-order valence-electron chi connectivity index (χ2n) is 7.85. The molecular weight excluding hydrogens is 431 g/mol. The first-order valence-electron chi connectivity index (χ1n) is 9.81. The predicted molar refractivity (Wildman–Crippen MR) is 121 cm³/mol. The quantitative estimate of drug-likeness (QED) is 0.508. The lowest BCUT2D eigenvalue weighted by molar-refractivity contribution is 0.0937. The number of aryl methyl sites for hydroxylation is 1. The van der Waals surface area contributed by atoms with Gasteiger partial charge in [0.2, 0.25) is 0 Å². The van der Waals surface area contributed by atoms with E-state index < -0.39 is 23.4 Å². The van der Waals surface area contributed by atoms with Gasteiger partial charge in [0, 0.05) is 21.8 Å². The van der Waals surface area contributed by atoms with Crippen LogP contribution in [0, 0.1) is 24.6 Å². The normalized spacial score (nSPS) is 11.9. The monoisotopic (exact) mass is 452 g/mol. The Labute approximate surface area is 190 Å². The minimum atomic E-state index is -1.19. The molecule has 5 nitrogen and oxygen atoms in total. The minimum absolute atomic E-state index is 0.0971. The second kappa shape index (κ2) is 9.39. The number of nitrogens with one attached hydrogen (secondary N) is 1. The van der Waals surface area contributed by atoms with Crippen molar-refractivity contribution in [1.82, 2.24) is 10.3 Å². The molecule has 0 bridgehead atoms. The summed E-state index contributed by atoms with van der Waals surface area (Å²) in [5, 5.41) is 23.5. The van der Waals surface area contributed by atoms with Gasteiger partial charge in [0.05, 0.1) is 6.04 Å². The number of hydrogen-bond acceptors (Lipinski definition) is 4. The smallest absolute Gasteiger partial charge is 0.270 e. The average Bonchev–Trinajstić information content (AvgIpc) is 2.72. The summed E-state index contributed by atoms with van der Waals surface area (Å²) >= 11 is 5.98. The Balaban J connectivity index is 2.00. The predicted octanol–water partition coefficient (Wildman–Crippen LogP) is 4.53. The maximum Gasteiger partial charge on any atom is 0.270 e. The first kappa shape index (κ1) is 23.3. The van der Waals surface area contributed by atoms with Crippen LogP contribution in [0.25, 0.3) is 0 Å². The van der Waals surface area contributed by atoms with Crippen molar-refractivity contribution >= 4 is 17.5 Å². The van der Waals surface area contributed by atoms with Crippen molar-refractivity contribution in [3.63, 3.8) is 0 Å². The first-order valence-corrected chi connectivity index (χ1v) is 10.2. The maximum absolute atomic E-state index is 13.9. The Bertz CT molecular complexity index is 1210. The first-order chi connectivity index (χ1) is 15.0. The van der Waals surface area contributed by atoms with Crippen molar-refractivity contribution in [1.29, 1.82) is 0 Å². The molecule has 32 heavy (non-hydrogen) atoms. The zero-order valence-electron chi connectivity index (χ0n) is 17.8. The van der Waals surface area contributed by atoms with Gasteiger partial charge in [0.25, 0.3) is 5.91 Å². The van der Waals surface area contributed by atoms with Gasteiger partial charge in [-0.15, -0.1) is 0 Å². The third-order valence-corrected chi connectivity index (χ3v) is 4.73. The number of nitrogens with zero attached hydrogens (tertiary/aromatic N) is 1. The lowest BCUT2D eigenvalue weighted by Crippen LogP contribution is -2.30. The highest BCUT2D eigenvalue weighted by Gasteiger charge is 2.22. The van der Waals surface area contributed by atoms with Gasteiger partial charge in [-0.3, -0.25) is 4.79 Å². The number of phenols is 1.